The van der Waals surface area contributed by atoms with E-state index in [0.29, 0.717) is 6.54 Å². The summed E-state index contributed by atoms with van der Waals surface area (Å²) in [6, 6.07) is -0.312. The van der Waals surface area contributed by atoms with Crippen LogP contribution < -0.4 is 10.6 Å². The van der Waals surface area contributed by atoms with Crippen LogP contribution in [0.25, 0.3) is 0 Å². The number of hydrogen-bond donors (Lipinski definition) is 2. The number of urea groups is 1. The first-order valence-electron chi connectivity index (χ1n) is 7.23. The highest BCUT2D eigenvalue weighted by atomic mass is 16.2. The van der Waals surface area contributed by atoms with Crippen molar-refractivity contribution in [2.24, 2.45) is 7.05 Å². The van der Waals surface area contributed by atoms with E-state index in [-0.39, 0.29) is 12.1 Å². The van der Waals surface area contributed by atoms with Gasteiger partial charge >= 0.3 is 6.03 Å². The van der Waals surface area contributed by atoms with Gasteiger partial charge in [0.2, 0.25) is 0 Å². The Balaban J connectivity index is 1.70. The van der Waals surface area contributed by atoms with Crippen LogP contribution in [0.4, 0.5) is 4.79 Å². The topological polar surface area (TPSA) is 71.8 Å². The lowest BCUT2D eigenvalue weighted by molar-refractivity contribution is 0.237. The summed E-state index contributed by atoms with van der Waals surface area (Å²) in [5.74, 6) is 0.745. The summed E-state index contributed by atoms with van der Waals surface area (Å²) in [7, 11) is 1.86. The van der Waals surface area contributed by atoms with Crippen molar-refractivity contribution < 1.29 is 4.79 Å². The lowest BCUT2D eigenvalue weighted by atomic mass is 9.97. The molecule has 0 aromatic carbocycles. The van der Waals surface area contributed by atoms with Gasteiger partial charge in [0.05, 0.1) is 6.04 Å². The first-order chi connectivity index (χ1) is 9.66. The lowest BCUT2D eigenvalue weighted by Crippen LogP contribution is -2.38. The SMILES string of the molecule is C[C@H](NC(=O)NCCC1=CCCCC1)c1nncn1C. The molecule has 6 heteroatoms. The third kappa shape index (κ3) is 4.08. The van der Waals surface area contributed by atoms with Gasteiger partial charge in [-0.2, -0.15) is 0 Å². The Morgan fingerprint density at radius 1 is 1.50 bits per heavy atom. The zero-order valence-electron chi connectivity index (χ0n) is 12.2. The smallest absolute Gasteiger partial charge is 0.315 e. The van der Waals surface area contributed by atoms with Crippen molar-refractivity contribution in [2.45, 2.75) is 45.1 Å². The number of amides is 2. The largest absolute Gasteiger partial charge is 0.338 e. The summed E-state index contributed by atoms with van der Waals surface area (Å²) < 4.78 is 1.80. The molecular formula is C14H23N5O. The van der Waals surface area contributed by atoms with Gasteiger partial charge in [0.15, 0.2) is 5.82 Å². The molecular weight excluding hydrogens is 254 g/mol. The van der Waals surface area contributed by atoms with Crippen LogP contribution in [0.3, 0.4) is 0 Å². The van der Waals surface area contributed by atoms with E-state index < -0.39 is 0 Å². The summed E-state index contributed by atoms with van der Waals surface area (Å²) in [5.41, 5.74) is 1.47. The van der Waals surface area contributed by atoms with Crippen molar-refractivity contribution in [1.82, 2.24) is 25.4 Å². The standard InChI is InChI=1S/C14H23N5O/c1-11(13-18-16-10-19(13)2)17-14(20)15-9-8-12-6-4-3-5-7-12/h6,10-11H,3-5,7-9H2,1-2H3,(H2,15,17,20)/t11-/m0/s1. The first kappa shape index (κ1) is 14.6. The monoisotopic (exact) mass is 277 g/mol. The molecule has 2 rings (SSSR count). The fraction of sp³-hybridized carbons (Fsp3) is 0.643. The van der Waals surface area contributed by atoms with Crippen LogP contribution in [0.1, 0.15) is 50.9 Å². The van der Waals surface area contributed by atoms with Gasteiger partial charge in [-0.05, 0) is 39.0 Å². The van der Waals surface area contributed by atoms with E-state index in [1.807, 2.05) is 14.0 Å². The molecule has 1 atom stereocenters. The van der Waals surface area contributed by atoms with Crippen molar-refractivity contribution in [3.8, 4) is 0 Å². The summed E-state index contributed by atoms with van der Waals surface area (Å²) in [6.07, 6.45) is 9.83. The number of hydrogen-bond acceptors (Lipinski definition) is 3. The van der Waals surface area contributed by atoms with Crippen LogP contribution in [0.15, 0.2) is 18.0 Å². The summed E-state index contributed by atoms with van der Waals surface area (Å²) in [6.45, 7) is 2.58. The normalized spacial score (nSPS) is 16.4. The number of nitrogens with zero attached hydrogens (tertiary/aromatic N) is 3. The fourth-order valence-electron chi connectivity index (χ4n) is 2.46. The average molecular weight is 277 g/mol. The molecule has 0 unspecified atom stereocenters. The van der Waals surface area contributed by atoms with Crippen LogP contribution in [0.5, 0.6) is 0 Å². The average Bonchev–Trinajstić information content (AvgIpc) is 2.86. The number of rotatable bonds is 5. The van der Waals surface area contributed by atoms with Gasteiger partial charge in [0.1, 0.15) is 6.33 Å². The van der Waals surface area contributed by atoms with Crippen LogP contribution in [-0.4, -0.2) is 27.3 Å². The molecule has 20 heavy (non-hydrogen) atoms. The molecule has 0 radical (unpaired) electrons. The predicted molar refractivity (Wildman–Crippen MR) is 77.1 cm³/mol. The molecule has 110 valence electrons. The fourth-order valence-corrected chi connectivity index (χ4v) is 2.46. The van der Waals surface area contributed by atoms with Crippen LogP contribution in [0, 0.1) is 0 Å². The van der Waals surface area contributed by atoms with Gasteiger partial charge in [-0.1, -0.05) is 11.6 Å². The minimum atomic E-state index is -0.156. The molecule has 1 aromatic heterocycles. The van der Waals surface area contributed by atoms with E-state index >= 15 is 0 Å². The highest BCUT2D eigenvalue weighted by Crippen LogP contribution is 2.19. The Hall–Kier alpha value is -1.85. The van der Waals surface area contributed by atoms with Gasteiger partial charge in [-0.25, -0.2) is 4.79 Å². The molecule has 6 nitrogen and oxygen atoms in total. The molecule has 0 fully saturated rings. The van der Waals surface area contributed by atoms with Gasteiger partial charge in [0, 0.05) is 13.6 Å². The Kier molecular flexibility index (Phi) is 5.15. The molecule has 2 N–H and O–H groups in total. The second-order valence-corrected chi connectivity index (χ2v) is 5.28. The van der Waals surface area contributed by atoms with E-state index in [9.17, 15) is 4.79 Å². The van der Waals surface area contributed by atoms with Crippen molar-refractivity contribution in [3.05, 3.63) is 23.8 Å². The minimum Gasteiger partial charge on any atom is -0.338 e. The number of nitrogens with one attached hydrogen (secondary N) is 2. The molecule has 2 amide bonds. The Bertz CT molecular complexity index is 480. The zero-order valence-corrected chi connectivity index (χ0v) is 12.2. The highest BCUT2D eigenvalue weighted by molar-refractivity contribution is 5.74. The maximum Gasteiger partial charge on any atom is 0.315 e. The van der Waals surface area contributed by atoms with E-state index in [0.717, 1.165) is 12.2 Å². The summed E-state index contributed by atoms with van der Waals surface area (Å²) in [5, 5.41) is 13.6. The van der Waals surface area contributed by atoms with Crippen LogP contribution >= 0.6 is 0 Å². The summed E-state index contributed by atoms with van der Waals surface area (Å²) >= 11 is 0. The van der Waals surface area contributed by atoms with Gasteiger partial charge in [0.25, 0.3) is 0 Å². The second kappa shape index (κ2) is 7.07. The highest BCUT2D eigenvalue weighted by Gasteiger charge is 2.13. The van der Waals surface area contributed by atoms with E-state index in [4.69, 9.17) is 0 Å². The lowest BCUT2D eigenvalue weighted by Gasteiger charge is -2.15. The van der Waals surface area contributed by atoms with Crippen molar-refractivity contribution in [2.75, 3.05) is 6.54 Å². The molecule has 0 saturated carbocycles. The van der Waals surface area contributed by atoms with Gasteiger partial charge in [-0.3, -0.25) is 0 Å². The van der Waals surface area contributed by atoms with E-state index in [1.165, 1.54) is 31.3 Å². The van der Waals surface area contributed by atoms with Crippen molar-refractivity contribution >= 4 is 6.03 Å². The zero-order chi connectivity index (χ0) is 14.4. The molecule has 0 saturated heterocycles. The third-order valence-electron chi connectivity index (χ3n) is 3.60. The van der Waals surface area contributed by atoms with Crippen LogP contribution in [-0.2, 0) is 7.05 Å². The molecule has 1 heterocycles. The molecule has 1 aliphatic rings. The predicted octanol–water partition coefficient (Wildman–Crippen LogP) is 2.07. The maximum atomic E-state index is 11.8. The number of carbonyl (C=O) groups is 1. The Morgan fingerprint density at radius 2 is 2.35 bits per heavy atom. The molecule has 0 aliphatic heterocycles. The quantitative estimate of drug-likeness (QED) is 0.809. The first-order valence-corrected chi connectivity index (χ1v) is 7.23. The minimum absolute atomic E-state index is 0.156. The number of allylic oxidation sites excluding steroid dienone is 1. The number of carbonyl (C=O) groups excluding carboxylic acids is 1. The molecule has 1 aliphatic carbocycles. The second-order valence-electron chi connectivity index (χ2n) is 5.28. The molecule has 0 bridgehead atoms. The molecule has 0 spiro atoms. The van der Waals surface area contributed by atoms with Gasteiger partial charge < -0.3 is 15.2 Å². The van der Waals surface area contributed by atoms with Crippen molar-refractivity contribution in [3.63, 3.8) is 0 Å². The summed E-state index contributed by atoms with van der Waals surface area (Å²) in [4.78, 5) is 11.8. The number of aryl methyl sites for hydroxylation is 1. The van der Waals surface area contributed by atoms with E-state index in [2.05, 4.69) is 26.9 Å². The number of aromatic nitrogens is 3. The van der Waals surface area contributed by atoms with Gasteiger partial charge in [-0.15, -0.1) is 10.2 Å². The van der Waals surface area contributed by atoms with Crippen LogP contribution in [0.2, 0.25) is 0 Å². The van der Waals surface area contributed by atoms with E-state index in [1.54, 1.807) is 10.9 Å². The third-order valence-corrected chi connectivity index (χ3v) is 3.60. The Labute approximate surface area is 119 Å². The Morgan fingerprint density at radius 3 is 3.00 bits per heavy atom. The van der Waals surface area contributed by atoms with Crippen molar-refractivity contribution in [1.29, 1.82) is 0 Å². The maximum absolute atomic E-state index is 11.8. The molecule has 1 aromatic rings.